The Bertz CT molecular complexity index is 1220. The minimum Gasteiger partial charge on any atom is -0.396 e. The van der Waals surface area contributed by atoms with E-state index in [4.69, 9.17) is 18.0 Å². The Morgan fingerprint density at radius 1 is 0.871 bits per heavy atom. The number of para-hydroxylation sites is 1. The summed E-state index contributed by atoms with van der Waals surface area (Å²) < 4.78 is 0. The lowest BCUT2D eigenvalue weighted by Gasteiger charge is -2.12. The number of rotatable bonds is 6. The van der Waals surface area contributed by atoms with E-state index in [9.17, 15) is 4.79 Å². The molecule has 0 saturated heterocycles. The second-order valence-electron chi connectivity index (χ2n) is 7.17. The van der Waals surface area contributed by atoms with Gasteiger partial charge in [0.1, 0.15) is 16.5 Å². The van der Waals surface area contributed by atoms with Crippen LogP contribution in [0.2, 0.25) is 0 Å². The average molecular weight is 427 g/mol. The normalized spacial score (nSPS) is 10.5. The van der Waals surface area contributed by atoms with E-state index in [0.717, 1.165) is 16.9 Å². The minimum absolute atomic E-state index is 0.196. The molecule has 0 saturated carbocycles. The Morgan fingerprint density at radius 2 is 1.48 bits per heavy atom. The van der Waals surface area contributed by atoms with E-state index in [2.05, 4.69) is 15.6 Å². The van der Waals surface area contributed by atoms with Crippen LogP contribution in [0.15, 0.2) is 84.9 Å². The number of hydrogen-bond acceptors (Lipinski definition) is 4. The van der Waals surface area contributed by atoms with E-state index >= 15 is 0 Å². The fraction of sp³-hybridized carbons (Fsp3) is 0.0400. The lowest BCUT2D eigenvalue weighted by Crippen LogP contribution is -2.14. The lowest BCUT2D eigenvalue weighted by molar-refractivity contribution is 0.103. The molecule has 4 aromatic rings. The summed E-state index contributed by atoms with van der Waals surface area (Å²) in [6.07, 6.45) is 0. The van der Waals surface area contributed by atoms with Gasteiger partial charge in [-0.15, -0.1) is 0 Å². The number of H-pyrrole nitrogens is 1. The smallest absolute Gasteiger partial charge is 0.211 e. The quantitative estimate of drug-likeness (QED) is 0.236. The van der Waals surface area contributed by atoms with Gasteiger partial charge < -0.3 is 21.4 Å². The van der Waals surface area contributed by atoms with E-state index in [1.165, 1.54) is 0 Å². The van der Waals surface area contributed by atoms with Crippen molar-refractivity contribution in [3.63, 3.8) is 0 Å². The zero-order valence-corrected chi connectivity index (χ0v) is 17.8. The number of ketones is 1. The summed E-state index contributed by atoms with van der Waals surface area (Å²) in [6, 6.07) is 26.6. The molecule has 5 nitrogen and oxygen atoms in total. The molecular weight excluding hydrogens is 404 g/mol. The second kappa shape index (κ2) is 8.85. The zero-order chi connectivity index (χ0) is 21.8. The Morgan fingerprint density at radius 3 is 2.13 bits per heavy atom. The summed E-state index contributed by atoms with van der Waals surface area (Å²) in [5.41, 5.74) is 11.0. The largest absolute Gasteiger partial charge is 0.396 e. The number of aromatic amines is 1. The van der Waals surface area contributed by atoms with E-state index in [-0.39, 0.29) is 5.78 Å². The van der Waals surface area contributed by atoms with E-state index in [0.29, 0.717) is 33.3 Å². The summed E-state index contributed by atoms with van der Waals surface area (Å²) >= 11 is 5.67. The van der Waals surface area contributed by atoms with Gasteiger partial charge in [0, 0.05) is 16.9 Å². The summed E-state index contributed by atoms with van der Waals surface area (Å²) in [6.45, 7) is 2.03. The molecule has 31 heavy (non-hydrogen) atoms. The standard InChI is InChI=1S/C25H22N4OS/c1-16-12-14-19(15-13-16)27-24-20(25(31)28-18-10-6-3-7-11-18)21(26)22(29-24)23(30)17-8-4-2-5-9-17/h2-15,27,29H,26H2,1H3,(H,28,31). The number of aryl methyl sites for hydroxylation is 1. The van der Waals surface area contributed by atoms with Gasteiger partial charge in [-0.25, -0.2) is 0 Å². The lowest BCUT2D eigenvalue weighted by atomic mass is 10.1. The summed E-state index contributed by atoms with van der Waals surface area (Å²) in [4.78, 5) is 16.7. The molecule has 0 bridgehead atoms. The molecule has 154 valence electrons. The maximum absolute atomic E-state index is 13.1. The van der Waals surface area contributed by atoms with Crippen LogP contribution in [0.3, 0.4) is 0 Å². The number of nitrogen functional groups attached to an aromatic ring is 1. The highest BCUT2D eigenvalue weighted by molar-refractivity contribution is 7.81. The molecule has 0 amide bonds. The third-order valence-corrected chi connectivity index (χ3v) is 5.19. The molecule has 0 unspecified atom stereocenters. The topological polar surface area (TPSA) is 82.9 Å². The Balaban J connectivity index is 1.74. The van der Waals surface area contributed by atoms with Gasteiger partial charge in [0.05, 0.1) is 11.3 Å². The van der Waals surface area contributed by atoms with Crippen molar-refractivity contribution in [3.05, 3.63) is 107 Å². The molecule has 6 heteroatoms. The number of carbonyl (C=O) groups excluding carboxylic acids is 1. The van der Waals surface area contributed by atoms with Crippen LogP contribution in [0.25, 0.3) is 0 Å². The molecule has 3 aromatic carbocycles. The predicted octanol–water partition coefficient (Wildman–Crippen LogP) is 5.67. The summed E-state index contributed by atoms with van der Waals surface area (Å²) in [5, 5.41) is 6.53. The van der Waals surface area contributed by atoms with Gasteiger partial charge in [0.25, 0.3) is 0 Å². The van der Waals surface area contributed by atoms with Crippen LogP contribution in [-0.4, -0.2) is 15.8 Å². The van der Waals surface area contributed by atoms with Crippen LogP contribution < -0.4 is 16.4 Å². The zero-order valence-electron chi connectivity index (χ0n) is 17.0. The summed E-state index contributed by atoms with van der Waals surface area (Å²) in [5.74, 6) is 0.368. The maximum Gasteiger partial charge on any atom is 0.211 e. The van der Waals surface area contributed by atoms with Gasteiger partial charge in [-0.1, -0.05) is 78.4 Å². The molecule has 0 radical (unpaired) electrons. The molecular formula is C25H22N4OS. The van der Waals surface area contributed by atoms with Crippen LogP contribution in [0, 0.1) is 6.92 Å². The minimum atomic E-state index is -0.196. The van der Waals surface area contributed by atoms with Gasteiger partial charge in [-0.2, -0.15) is 0 Å². The van der Waals surface area contributed by atoms with Crippen LogP contribution in [0.5, 0.6) is 0 Å². The number of anilines is 4. The number of nitrogens with two attached hydrogens (primary N) is 1. The van der Waals surface area contributed by atoms with Crippen molar-refractivity contribution in [3.8, 4) is 0 Å². The maximum atomic E-state index is 13.1. The second-order valence-corrected chi connectivity index (χ2v) is 7.58. The molecule has 5 N–H and O–H groups in total. The molecule has 0 aliphatic carbocycles. The number of aromatic nitrogens is 1. The summed E-state index contributed by atoms with van der Waals surface area (Å²) in [7, 11) is 0. The van der Waals surface area contributed by atoms with Gasteiger partial charge in [-0.3, -0.25) is 4.79 Å². The highest BCUT2D eigenvalue weighted by Crippen LogP contribution is 2.31. The Hall–Kier alpha value is -3.90. The van der Waals surface area contributed by atoms with Gasteiger partial charge in [-0.05, 0) is 31.2 Å². The number of carbonyl (C=O) groups is 1. The molecule has 0 fully saturated rings. The molecule has 0 atom stereocenters. The number of nitrogens with one attached hydrogen (secondary N) is 3. The van der Waals surface area contributed by atoms with Crippen molar-refractivity contribution < 1.29 is 4.79 Å². The first-order valence-corrected chi connectivity index (χ1v) is 10.2. The first kappa shape index (κ1) is 20.4. The SMILES string of the molecule is Cc1ccc(Nc2[nH]c(C(=O)c3ccccc3)c(N)c2C(=S)Nc2ccccc2)cc1. The third-order valence-electron chi connectivity index (χ3n) is 4.88. The number of hydrogen-bond donors (Lipinski definition) is 4. The van der Waals surface area contributed by atoms with Crippen LogP contribution in [0.1, 0.15) is 27.2 Å². The van der Waals surface area contributed by atoms with Gasteiger partial charge in [0.15, 0.2) is 0 Å². The first-order valence-electron chi connectivity index (χ1n) is 9.84. The van der Waals surface area contributed by atoms with Gasteiger partial charge in [0.2, 0.25) is 5.78 Å². The Labute approximate surface area is 186 Å². The van der Waals surface area contributed by atoms with Crippen molar-refractivity contribution in [2.24, 2.45) is 0 Å². The van der Waals surface area contributed by atoms with E-state index in [1.54, 1.807) is 12.1 Å². The Kier molecular flexibility index (Phi) is 5.82. The predicted molar refractivity (Wildman–Crippen MR) is 131 cm³/mol. The van der Waals surface area contributed by atoms with Crippen molar-refractivity contribution in [1.82, 2.24) is 4.98 Å². The van der Waals surface area contributed by atoms with E-state index < -0.39 is 0 Å². The fourth-order valence-corrected chi connectivity index (χ4v) is 3.58. The van der Waals surface area contributed by atoms with Crippen molar-refractivity contribution in [1.29, 1.82) is 0 Å². The monoisotopic (exact) mass is 426 g/mol. The highest BCUT2D eigenvalue weighted by atomic mass is 32.1. The van der Waals surface area contributed by atoms with Crippen molar-refractivity contribution >= 4 is 45.9 Å². The molecule has 0 aliphatic heterocycles. The fourth-order valence-electron chi connectivity index (χ4n) is 3.25. The molecule has 1 heterocycles. The number of thiocarbonyl (C=S) groups is 1. The molecule has 4 rings (SSSR count). The van der Waals surface area contributed by atoms with Crippen LogP contribution in [0.4, 0.5) is 22.9 Å². The van der Waals surface area contributed by atoms with Crippen molar-refractivity contribution in [2.75, 3.05) is 16.4 Å². The molecule has 0 spiro atoms. The van der Waals surface area contributed by atoms with Crippen LogP contribution in [-0.2, 0) is 0 Å². The van der Waals surface area contributed by atoms with Crippen molar-refractivity contribution in [2.45, 2.75) is 6.92 Å². The molecule has 1 aromatic heterocycles. The van der Waals surface area contributed by atoms with E-state index in [1.807, 2.05) is 79.7 Å². The third kappa shape index (κ3) is 4.49. The average Bonchev–Trinajstić information content (AvgIpc) is 3.12. The molecule has 0 aliphatic rings. The number of benzene rings is 3. The first-order chi connectivity index (χ1) is 15.0. The highest BCUT2D eigenvalue weighted by Gasteiger charge is 2.24. The van der Waals surface area contributed by atoms with Gasteiger partial charge >= 0.3 is 0 Å². The van der Waals surface area contributed by atoms with Crippen LogP contribution >= 0.6 is 12.2 Å².